The van der Waals surface area contributed by atoms with Crippen LogP contribution in [0.3, 0.4) is 0 Å². The van der Waals surface area contributed by atoms with Gasteiger partial charge < -0.3 is 10.1 Å². The maximum atomic E-state index is 12.7. The highest BCUT2D eigenvalue weighted by atomic mass is 35.5. The van der Waals surface area contributed by atoms with Gasteiger partial charge in [-0.3, -0.25) is 4.79 Å². The van der Waals surface area contributed by atoms with Crippen LogP contribution in [0.25, 0.3) is 5.69 Å². The zero-order chi connectivity index (χ0) is 21.7. The van der Waals surface area contributed by atoms with Gasteiger partial charge in [0, 0.05) is 40.8 Å². The molecule has 0 aliphatic heterocycles. The van der Waals surface area contributed by atoms with Crippen LogP contribution in [0, 0.1) is 13.8 Å². The minimum absolute atomic E-state index is 0.207. The molecule has 0 unspecified atom stereocenters. The minimum Gasteiger partial charge on any atom is -0.383 e. The molecule has 0 aliphatic carbocycles. The van der Waals surface area contributed by atoms with Gasteiger partial charge in [-0.2, -0.15) is 0 Å². The molecule has 11 heteroatoms. The molecule has 8 nitrogen and oxygen atoms in total. The van der Waals surface area contributed by atoms with Crippen molar-refractivity contribution in [2.45, 2.75) is 24.8 Å². The second-order valence-electron chi connectivity index (χ2n) is 6.39. The van der Waals surface area contributed by atoms with Crippen LogP contribution in [0.1, 0.15) is 27.6 Å². The lowest BCUT2D eigenvalue weighted by Gasteiger charge is -2.09. The van der Waals surface area contributed by atoms with E-state index in [0.29, 0.717) is 45.5 Å². The standard InChI is InChI=1S/C19H20Cl2N6O2S/c1-11-6-12(2)24-19(23-11)30-10-16-17(18(28)22-4-5-29-3)25-26-27(16)15-8-13(20)7-14(21)9-15/h6-9H,4-5,10H2,1-3H3,(H,22,28). The number of hydrogen-bond donors (Lipinski definition) is 1. The third kappa shape index (κ3) is 5.69. The Bertz CT molecular complexity index is 1020. The summed E-state index contributed by atoms with van der Waals surface area (Å²) in [6.45, 7) is 4.57. The molecule has 0 aliphatic rings. The summed E-state index contributed by atoms with van der Waals surface area (Å²) in [7, 11) is 1.57. The fraction of sp³-hybridized carbons (Fsp3) is 0.316. The van der Waals surface area contributed by atoms with E-state index in [1.165, 1.54) is 11.8 Å². The Balaban J connectivity index is 1.95. The number of aromatic nitrogens is 5. The second-order valence-corrected chi connectivity index (χ2v) is 8.21. The van der Waals surface area contributed by atoms with Crippen molar-refractivity contribution in [3.63, 3.8) is 0 Å². The van der Waals surface area contributed by atoms with E-state index in [1.807, 2.05) is 19.9 Å². The van der Waals surface area contributed by atoms with Crippen LogP contribution in [0.15, 0.2) is 29.4 Å². The Labute approximate surface area is 188 Å². The number of hydrogen-bond acceptors (Lipinski definition) is 7. The van der Waals surface area contributed by atoms with E-state index in [4.69, 9.17) is 27.9 Å². The first-order valence-electron chi connectivity index (χ1n) is 9.00. The van der Waals surface area contributed by atoms with E-state index in [1.54, 1.807) is 30.0 Å². The number of thioether (sulfide) groups is 1. The average molecular weight is 467 g/mol. The molecule has 0 bridgehead atoms. The summed E-state index contributed by atoms with van der Waals surface area (Å²) in [5, 5.41) is 12.6. The molecule has 0 radical (unpaired) electrons. The van der Waals surface area contributed by atoms with Crippen LogP contribution in [0.5, 0.6) is 0 Å². The number of ether oxygens (including phenoxy) is 1. The van der Waals surface area contributed by atoms with Crippen molar-refractivity contribution in [2.75, 3.05) is 20.3 Å². The number of nitrogens with one attached hydrogen (secondary N) is 1. The normalized spacial score (nSPS) is 11.0. The third-order valence-electron chi connectivity index (χ3n) is 3.96. The molecule has 1 amide bonds. The van der Waals surface area contributed by atoms with Gasteiger partial charge >= 0.3 is 0 Å². The monoisotopic (exact) mass is 466 g/mol. The van der Waals surface area contributed by atoms with E-state index in [9.17, 15) is 4.79 Å². The lowest BCUT2D eigenvalue weighted by Crippen LogP contribution is -2.28. The van der Waals surface area contributed by atoms with Crippen molar-refractivity contribution in [3.8, 4) is 5.69 Å². The SMILES string of the molecule is COCCNC(=O)c1nnn(-c2cc(Cl)cc(Cl)c2)c1CSc1nc(C)cc(C)n1. The fourth-order valence-electron chi connectivity index (χ4n) is 2.72. The lowest BCUT2D eigenvalue weighted by molar-refractivity contribution is 0.0931. The Morgan fingerprint density at radius 1 is 1.13 bits per heavy atom. The van der Waals surface area contributed by atoms with Crippen molar-refractivity contribution >= 4 is 40.9 Å². The summed E-state index contributed by atoms with van der Waals surface area (Å²) in [4.78, 5) is 21.5. The van der Waals surface area contributed by atoms with E-state index in [2.05, 4.69) is 25.6 Å². The molecule has 0 saturated carbocycles. The molecule has 3 rings (SSSR count). The summed E-state index contributed by atoms with van der Waals surface area (Å²) >= 11 is 13.7. The summed E-state index contributed by atoms with van der Waals surface area (Å²) < 4.78 is 6.54. The zero-order valence-corrected chi connectivity index (χ0v) is 19.0. The quantitative estimate of drug-likeness (QED) is 0.307. The molecule has 0 saturated heterocycles. The van der Waals surface area contributed by atoms with Crippen LogP contribution in [0.4, 0.5) is 0 Å². The molecule has 1 N–H and O–H groups in total. The minimum atomic E-state index is -0.344. The molecule has 30 heavy (non-hydrogen) atoms. The summed E-state index contributed by atoms with van der Waals surface area (Å²) in [6.07, 6.45) is 0. The zero-order valence-electron chi connectivity index (χ0n) is 16.6. The molecule has 2 aromatic heterocycles. The number of carbonyl (C=O) groups excluding carboxylic acids is 1. The van der Waals surface area contributed by atoms with Crippen LogP contribution < -0.4 is 5.32 Å². The lowest BCUT2D eigenvalue weighted by atomic mass is 10.3. The molecule has 0 atom stereocenters. The van der Waals surface area contributed by atoms with E-state index in [-0.39, 0.29) is 11.6 Å². The van der Waals surface area contributed by atoms with E-state index < -0.39 is 0 Å². The first-order chi connectivity index (χ1) is 14.4. The summed E-state index contributed by atoms with van der Waals surface area (Å²) in [6, 6.07) is 6.94. The Morgan fingerprint density at radius 3 is 2.43 bits per heavy atom. The number of rotatable bonds is 8. The Kier molecular flexibility index (Phi) is 7.65. The number of amides is 1. The van der Waals surface area contributed by atoms with Crippen molar-refractivity contribution in [3.05, 3.63) is 57.1 Å². The molecule has 3 aromatic rings. The third-order valence-corrected chi connectivity index (χ3v) is 5.26. The Morgan fingerprint density at radius 2 is 1.80 bits per heavy atom. The molecule has 0 spiro atoms. The first-order valence-corrected chi connectivity index (χ1v) is 10.7. The average Bonchev–Trinajstić information content (AvgIpc) is 3.09. The summed E-state index contributed by atoms with van der Waals surface area (Å²) in [5.41, 5.74) is 3.13. The number of benzene rings is 1. The number of aryl methyl sites for hydroxylation is 2. The molecular formula is C19H20Cl2N6O2S. The van der Waals surface area contributed by atoms with Crippen molar-refractivity contribution in [1.29, 1.82) is 0 Å². The highest BCUT2D eigenvalue weighted by Crippen LogP contribution is 2.26. The number of methoxy groups -OCH3 is 1. The Hall–Kier alpha value is -2.20. The van der Waals surface area contributed by atoms with Gasteiger partial charge in [-0.05, 0) is 38.1 Å². The van der Waals surface area contributed by atoms with Gasteiger partial charge in [-0.1, -0.05) is 40.2 Å². The maximum absolute atomic E-state index is 12.7. The fourth-order valence-corrected chi connectivity index (χ4v) is 4.17. The van der Waals surface area contributed by atoms with Gasteiger partial charge in [0.05, 0.1) is 18.0 Å². The van der Waals surface area contributed by atoms with E-state index >= 15 is 0 Å². The largest absolute Gasteiger partial charge is 0.383 e. The predicted molar refractivity (Wildman–Crippen MR) is 117 cm³/mol. The predicted octanol–water partition coefficient (Wildman–Crippen LogP) is 3.65. The molecule has 158 valence electrons. The molecule has 2 heterocycles. The van der Waals surface area contributed by atoms with Crippen LogP contribution in [-0.4, -0.2) is 51.1 Å². The van der Waals surface area contributed by atoms with Gasteiger partial charge in [-0.25, -0.2) is 14.6 Å². The molecule has 1 aromatic carbocycles. The van der Waals surface area contributed by atoms with Crippen molar-refractivity contribution in [1.82, 2.24) is 30.3 Å². The summed E-state index contributed by atoms with van der Waals surface area (Å²) in [5.74, 6) is 0.0240. The smallest absolute Gasteiger partial charge is 0.273 e. The molecular weight excluding hydrogens is 447 g/mol. The second kappa shape index (κ2) is 10.2. The van der Waals surface area contributed by atoms with Crippen LogP contribution in [0.2, 0.25) is 10.0 Å². The number of halogens is 2. The first kappa shape index (κ1) is 22.5. The van der Waals surface area contributed by atoms with Gasteiger partial charge in [0.15, 0.2) is 10.9 Å². The van der Waals surface area contributed by atoms with Crippen molar-refractivity contribution in [2.24, 2.45) is 0 Å². The van der Waals surface area contributed by atoms with Gasteiger partial charge in [0.1, 0.15) is 0 Å². The molecule has 0 fully saturated rings. The van der Waals surface area contributed by atoms with Gasteiger partial charge in [-0.15, -0.1) is 5.10 Å². The van der Waals surface area contributed by atoms with Crippen LogP contribution >= 0.6 is 35.0 Å². The topological polar surface area (TPSA) is 94.8 Å². The van der Waals surface area contributed by atoms with Gasteiger partial charge in [0.2, 0.25) is 0 Å². The highest BCUT2D eigenvalue weighted by molar-refractivity contribution is 7.98. The number of nitrogens with zero attached hydrogens (tertiary/aromatic N) is 5. The maximum Gasteiger partial charge on any atom is 0.273 e. The highest BCUT2D eigenvalue weighted by Gasteiger charge is 2.21. The number of carbonyl (C=O) groups is 1. The van der Waals surface area contributed by atoms with E-state index in [0.717, 1.165) is 11.4 Å². The van der Waals surface area contributed by atoms with Gasteiger partial charge in [0.25, 0.3) is 5.91 Å². The van der Waals surface area contributed by atoms with Crippen molar-refractivity contribution < 1.29 is 9.53 Å². The van der Waals surface area contributed by atoms with Crippen LogP contribution in [-0.2, 0) is 10.5 Å².